The quantitative estimate of drug-likeness (QED) is 0.667. The zero-order valence-corrected chi connectivity index (χ0v) is 8.93. The number of aliphatic carboxylic acids is 1. The maximum absolute atomic E-state index is 12.4. The van der Waals surface area contributed by atoms with E-state index in [9.17, 15) is 28.1 Å². The normalized spacial score (nSPS) is 13.1. The Bertz CT molecular complexity index is 501. The van der Waals surface area contributed by atoms with Crippen molar-refractivity contribution in [2.45, 2.75) is 19.0 Å². The number of alkyl halides is 3. The Morgan fingerprint density at radius 3 is 2.50 bits per heavy atom. The lowest BCUT2D eigenvalue weighted by Crippen LogP contribution is -2.14. The predicted octanol–water partition coefficient (Wildman–Crippen LogP) is 2.20. The van der Waals surface area contributed by atoms with Crippen LogP contribution in [0.2, 0.25) is 0 Å². The Morgan fingerprint density at radius 1 is 1.56 bits per heavy atom. The number of nitrogens with zero attached hydrogens (tertiary/aromatic N) is 2. The van der Waals surface area contributed by atoms with E-state index in [0.29, 0.717) is 12.3 Å². The van der Waals surface area contributed by atoms with E-state index in [2.05, 4.69) is 4.98 Å². The number of halogens is 3. The molecule has 0 bridgehead atoms. The maximum atomic E-state index is 12.4. The van der Waals surface area contributed by atoms with Crippen LogP contribution in [0.1, 0.15) is 24.1 Å². The number of nitro groups is 1. The molecule has 9 heteroatoms. The minimum Gasteiger partial charge on any atom is -0.481 e. The third kappa shape index (κ3) is 2.73. The summed E-state index contributed by atoms with van der Waals surface area (Å²) in [5.74, 6) is -2.90. The van der Waals surface area contributed by atoms with Gasteiger partial charge in [-0.05, 0) is 13.0 Å². The molecule has 0 spiro atoms. The number of carboxylic acid groups (broad SMARTS) is 1. The molecule has 0 aromatic carbocycles. The topological polar surface area (TPSA) is 93.3 Å². The van der Waals surface area contributed by atoms with Crippen molar-refractivity contribution in [1.29, 1.82) is 0 Å². The summed E-state index contributed by atoms with van der Waals surface area (Å²) >= 11 is 0. The lowest BCUT2D eigenvalue weighted by atomic mass is 10.00. The first-order valence-corrected chi connectivity index (χ1v) is 4.59. The molecule has 1 heterocycles. The van der Waals surface area contributed by atoms with Gasteiger partial charge in [-0.2, -0.15) is 13.2 Å². The molecular weight excluding hydrogens is 257 g/mol. The number of carboxylic acids is 1. The number of hydrogen-bond acceptors (Lipinski definition) is 4. The second-order valence-electron chi connectivity index (χ2n) is 3.44. The summed E-state index contributed by atoms with van der Waals surface area (Å²) in [7, 11) is 0. The van der Waals surface area contributed by atoms with E-state index in [-0.39, 0.29) is 0 Å². The Hall–Kier alpha value is -2.19. The lowest BCUT2D eigenvalue weighted by molar-refractivity contribution is -0.386. The SMILES string of the molecule is CC(C(=O)O)c1cc(C(F)(F)F)ncc1[N+](=O)[O-]. The fraction of sp³-hybridized carbons (Fsp3) is 0.333. The summed E-state index contributed by atoms with van der Waals surface area (Å²) in [4.78, 5) is 23.3. The van der Waals surface area contributed by atoms with Gasteiger partial charge in [0.2, 0.25) is 0 Å². The van der Waals surface area contributed by atoms with Crippen molar-refractivity contribution in [2.24, 2.45) is 0 Å². The molecule has 0 radical (unpaired) electrons. The fourth-order valence-corrected chi connectivity index (χ4v) is 1.25. The Balaban J connectivity index is 3.42. The molecule has 0 aliphatic heterocycles. The molecule has 1 unspecified atom stereocenters. The molecule has 98 valence electrons. The molecule has 1 aromatic rings. The zero-order chi connectivity index (χ0) is 14.1. The Kier molecular flexibility index (Phi) is 3.54. The van der Waals surface area contributed by atoms with Gasteiger partial charge in [-0.15, -0.1) is 0 Å². The van der Waals surface area contributed by atoms with E-state index < -0.39 is 39.9 Å². The third-order valence-corrected chi connectivity index (χ3v) is 2.24. The van der Waals surface area contributed by atoms with Crippen molar-refractivity contribution >= 4 is 11.7 Å². The van der Waals surface area contributed by atoms with E-state index in [1.165, 1.54) is 0 Å². The summed E-state index contributed by atoms with van der Waals surface area (Å²) in [6.07, 6.45) is -4.38. The van der Waals surface area contributed by atoms with E-state index >= 15 is 0 Å². The number of rotatable bonds is 3. The van der Waals surface area contributed by atoms with Crippen molar-refractivity contribution in [2.75, 3.05) is 0 Å². The summed E-state index contributed by atoms with van der Waals surface area (Å²) in [5, 5.41) is 19.3. The van der Waals surface area contributed by atoms with Gasteiger partial charge >= 0.3 is 12.1 Å². The highest BCUT2D eigenvalue weighted by Gasteiger charge is 2.35. The van der Waals surface area contributed by atoms with Gasteiger partial charge in [0.1, 0.15) is 11.9 Å². The van der Waals surface area contributed by atoms with E-state index in [1.54, 1.807) is 0 Å². The predicted molar refractivity (Wildman–Crippen MR) is 51.9 cm³/mol. The van der Waals surface area contributed by atoms with Gasteiger partial charge in [0, 0.05) is 5.56 Å². The second-order valence-corrected chi connectivity index (χ2v) is 3.44. The van der Waals surface area contributed by atoms with E-state index in [4.69, 9.17) is 5.11 Å². The van der Waals surface area contributed by atoms with Crippen LogP contribution in [0, 0.1) is 10.1 Å². The van der Waals surface area contributed by atoms with Gasteiger partial charge < -0.3 is 5.11 Å². The van der Waals surface area contributed by atoms with Crippen LogP contribution in [0.15, 0.2) is 12.3 Å². The zero-order valence-electron chi connectivity index (χ0n) is 8.93. The van der Waals surface area contributed by atoms with Crippen molar-refractivity contribution in [1.82, 2.24) is 4.98 Å². The van der Waals surface area contributed by atoms with Crippen LogP contribution < -0.4 is 0 Å². The lowest BCUT2D eigenvalue weighted by Gasteiger charge is -2.10. The van der Waals surface area contributed by atoms with Crippen molar-refractivity contribution in [3.63, 3.8) is 0 Å². The highest BCUT2D eigenvalue weighted by molar-refractivity contribution is 5.77. The molecule has 0 aliphatic carbocycles. The average molecular weight is 264 g/mol. The minimum atomic E-state index is -4.79. The van der Waals surface area contributed by atoms with Crippen LogP contribution in [0.4, 0.5) is 18.9 Å². The molecule has 0 saturated carbocycles. The van der Waals surface area contributed by atoms with Gasteiger partial charge in [0.15, 0.2) is 0 Å². The number of hydrogen-bond donors (Lipinski definition) is 1. The van der Waals surface area contributed by atoms with Crippen LogP contribution in [0.5, 0.6) is 0 Å². The second kappa shape index (κ2) is 4.59. The highest BCUT2D eigenvalue weighted by Crippen LogP contribution is 2.33. The van der Waals surface area contributed by atoms with Gasteiger partial charge in [0.25, 0.3) is 5.69 Å². The molecule has 18 heavy (non-hydrogen) atoms. The van der Waals surface area contributed by atoms with Gasteiger partial charge in [-0.1, -0.05) is 0 Å². The summed E-state index contributed by atoms with van der Waals surface area (Å²) < 4.78 is 37.2. The van der Waals surface area contributed by atoms with E-state index in [1.807, 2.05) is 0 Å². The fourth-order valence-electron chi connectivity index (χ4n) is 1.25. The van der Waals surface area contributed by atoms with Gasteiger partial charge in [0.05, 0.1) is 10.8 Å². The van der Waals surface area contributed by atoms with Crippen molar-refractivity contribution in [3.05, 3.63) is 33.6 Å². The van der Waals surface area contributed by atoms with Gasteiger partial charge in [-0.25, -0.2) is 4.98 Å². The highest BCUT2D eigenvalue weighted by atomic mass is 19.4. The van der Waals surface area contributed by atoms with Gasteiger partial charge in [-0.3, -0.25) is 14.9 Å². The monoisotopic (exact) mass is 264 g/mol. The molecule has 0 fully saturated rings. The molecule has 1 aromatic heterocycles. The first-order valence-electron chi connectivity index (χ1n) is 4.59. The summed E-state index contributed by atoms with van der Waals surface area (Å²) in [5.41, 5.74) is -2.65. The first-order chi connectivity index (χ1) is 8.14. The van der Waals surface area contributed by atoms with Crippen LogP contribution in [-0.4, -0.2) is 21.0 Å². The van der Waals surface area contributed by atoms with E-state index in [0.717, 1.165) is 6.92 Å². The summed E-state index contributed by atoms with van der Waals surface area (Å²) in [6.45, 7) is 1.06. The van der Waals surface area contributed by atoms with Crippen molar-refractivity contribution in [3.8, 4) is 0 Å². The maximum Gasteiger partial charge on any atom is 0.433 e. The minimum absolute atomic E-state index is 0.386. The third-order valence-electron chi connectivity index (χ3n) is 2.24. The molecule has 0 aliphatic rings. The number of aromatic nitrogens is 1. The molecule has 1 rings (SSSR count). The van der Waals surface area contributed by atoms with Crippen LogP contribution in [0.3, 0.4) is 0 Å². The number of pyridine rings is 1. The Morgan fingerprint density at radius 2 is 2.11 bits per heavy atom. The molecule has 0 amide bonds. The Labute approximate surface area is 98.2 Å². The average Bonchev–Trinajstić information content (AvgIpc) is 2.25. The van der Waals surface area contributed by atoms with Crippen LogP contribution in [-0.2, 0) is 11.0 Å². The molecule has 6 nitrogen and oxygen atoms in total. The molecular formula is C9H7F3N2O4. The van der Waals surface area contributed by atoms with Crippen molar-refractivity contribution < 1.29 is 28.0 Å². The standard InChI is InChI=1S/C9H7F3N2O4/c1-4(8(15)16)5-2-7(9(10,11)12)13-3-6(5)14(17)18/h2-4H,1H3,(H,15,16). The molecule has 0 saturated heterocycles. The van der Waals surface area contributed by atoms with Crippen LogP contribution in [0.25, 0.3) is 0 Å². The molecule has 1 atom stereocenters. The van der Waals surface area contributed by atoms with Crippen LogP contribution >= 0.6 is 0 Å². The summed E-state index contributed by atoms with van der Waals surface area (Å²) in [6, 6.07) is 0.386. The number of carbonyl (C=O) groups is 1. The largest absolute Gasteiger partial charge is 0.481 e. The first kappa shape index (κ1) is 13.9. The molecule has 1 N–H and O–H groups in total. The smallest absolute Gasteiger partial charge is 0.433 e.